The standard InChI is InChI=1S/C37H25N.C37H27N.C12H14N2O.C10H11N3/c1-2-10-25(11-3-1)26-18-20-27(21-19-26)38-28-22-23-32-31-14-6-9-17-35(31)37(36(32)24-28)33-15-7-4-12-29(33)30-13-5-8-16-34(30)37;1-4-12-27(13-5-1)28-20-22-31(23-21-28)38-32-24-25-34-33-18-10-11-19-35(33)37(36(34)26-32,29-14-6-2-7-15-29)30-16-8-3-9-17-30;1-3-11(7-6-10-15-2)14-12-8-4-5-9-13-12;1-3-7-11-9(5-1)13-10-6-2-4-8-12-10/h1-24,38H;1-26,38H;3-10H,1H2,2H3,(H,13,14);1,3,5-8H,2,4H2,(H,11,13)/b;;10-6+,11-7+;. The van der Waals surface area contributed by atoms with Crippen LogP contribution in [0.25, 0.3) is 55.6 Å². The van der Waals surface area contributed by atoms with Gasteiger partial charge in [0.25, 0.3) is 0 Å². The van der Waals surface area contributed by atoms with Crippen LogP contribution in [0.2, 0.25) is 0 Å². The van der Waals surface area contributed by atoms with Gasteiger partial charge in [0.15, 0.2) is 0 Å². The van der Waals surface area contributed by atoms with Crippen molar-refractivity contribution in [2.45, 2.75) is 23.7 Å². The van der Waals surface area contributed by atoms with E-state index in [0.29, 0.717) is 0 Å². The largest absolute Gasteiger partial charge is 0.504 e. The van der Waals surface area contributed by atoms with Gasteiger partial charge in [0, 0.05) is 47.1 Å². The van der Waals surface area contributed by atoms with Gasteiger partial charge in [-0.05, 0) is 210 Å². The number of allylic oxidation sites excluding steroid dienone is 4. The number of anilines is 6. The van der Waals surface area contributed by atoms with Crippen molar-refractivity contribution < 1.29 is 4.74 Å². The molecule has 0 atom stereocenters. The molecule has 14 aromatic rings. The third-order valence-electron chi connectivity index (χ3n) is 19.4. The molecule has 0 amide bonds. The van der Waals surface area contributed by atoms with Crippen LogP contribution in [0.15, 0.2) is 406 Å². The minimum Gasteiger partial charge on any atom is -0.504 e. The Hall–Kier alpha value is -13.4. The van der Waals surface area contributed by atoms with Crippen molar-refractivity contribution in [2.75, 3.05) is 28.4 Å². The third kappa shape index (κ3) is 13.6. The molecule has 18 rings (SSSR count). The zero-order chi connectivity index (χ0) is 70.3. The van der Waals surface area contributed by atoms with Crippen LogP contribution in [0.1, 0.15) is 57.3 Å². The van der Waals surface area contributed by atoms with Gasteiger partial charge in [-0.2, -0.15) is 0 Å². The molecule has 8 heteroatoms. The van der Waals surface area contributed by atoms with Gasteiger partial charge in [0.1, 0.15) is 17.5 Å². The first-order valence-electron chi connectivity index (χ1n) is 35.2. The highest BCUT2D eigenvalue weighted by molar-refractivity contribution is 5.96. The number of pyridine rings is 2. The van der Waals surface area contributed by atoms with E-state index in [1.807, 2.05) is 48.7 Å². The summed E-state index contributed by atoms with van der Waals surface area (Å²) in [6, 6.07) is 121. The number of aromatic nitrogens is 2. The van der Waals surface area contributed by atoms with Gasteiger partial charge < -0.3 is 26.0 Å². The van der Waals surface area contributed by atoms with Crippen LogP contribution >= 0.6 is 0 Å². The summed E-state index contributed by atoms with van der Waals surface area (Å²) >= 11 is 0. The van der Waals surface area contributed by atoms with Crippen LogP contribution in [0.5, 0.6) is 0 Å². The van der Waals surface area contributed by atoms with E-state index >= 15 is 0 Å². The first kappa shape index (κ1) is 66.5. The van der Waals surface area contributed by atoms with Gasteiger partial charge in [-0.3, -0.25) is 0 Å². The lowest BCUT2D eigenvalue weighted by Gasteiger charge is -2.34. The molecule has 104 heavy (non-hydrogen) atoms. The normalized spacial score (nSPS) is 13.2. The zero-order valence-corrected chi connectivity index (χ0v) is 57.8. The molecule has 502 valence electrons. The average Bonchev–Trinajstić information content (AvgIpc) is 1.51. The zero-order valence-electron chi connectivity index (χ0n) is 57.8. The van der Waals surface area contributed by atoms with Crippen LogP contribution in [0, 0.1) is 0 Å². The Morgan fingerprint density at radius 2 is 0.750 bits per heavy atom. The molecule has 0 unspecified atom stereocenters. The molecular weight excluding hydrogens is 1270 g/mol. The molecule has 3 heterocycles. The highest BCUT2D eigenvalue weighted by atomic mass is 16.5. The van der Waals surface area contributed by atoms with E-state index < -0.39 is 0 Å². The summed E-state index contributed by atoms with van der Waals surface area (Å²) in [5.74, 6) is 2.52. The SMILES string of the molecule is C1=NC(Nc2ccccn2)=CCC1.C=C/C(=C\C=C\OC)Nc1ccccn1.c1ccc(-c2ccc(Nc3ccc4c(c3)C(c3ccccc3)(c3ccccc3)c3ccccc3-4)cc2)cc1.c1ccc(-c2ccc(Nc3ccc4c(c3)C3(c5ccccc5-c5ccccc53)c3ccccc3-4)cc2)cc1. The summed E-state index contributed by atoms with van der Waals surface area (Å²) < 4.78 is 4.78. The van der Waals surface area contributed by atoms with Crippen molar-refractivity contribution in [1.29, 1.82) is 0 Å². The summed E-state index contributed by atoms with van der Waals surface area (Å²) in [5, 5.41) is 13.6. The Kier molecular flexibility index (Phi) is 19.8. The fourth-order valence-corrected chi connectivity index (χ4v) is 14.9. The molecule has 8 nitrogen and oxygen atoms in total. The second-order valence-corrected chi connectivity index (χ2v) is 25.6. The van der Waals surface area contributed by atoms with Gasteiger partial charge in [0.2, 0.25) is 0 Å². The smallest absolute Gasteiger partial charge is 0.131 e. The van der Waals surface area contributed by atoms with E-state index in [2.05, 4.69) is 352 Å². The molecule has 4 aliphatic rings. The van der Waals surface area contributed by atoms with Crippen molar-refractivity contribution >= 4 is 40.6 Å². The molecule has 0 saturated heterocycles. The van der Waals surface area contributed by atoms with E-state index in [0.717, 1.165) is 58.7 Å². The van der Waals surface area contributed by atoms with Gasteiger partial charge in [0.05, 0.1) is 24.2 Å². The summed E-state index contributed by atoms with van der Waals surface area (Å²) in [4.78, 5) is 12.5. The third-order valence-corrected chi connectivity index (χ3v) is 19.4. The minimum absolute atomic E-state index is 0.312. The summed E-state index contributed by atoms with van der Waals surface area (Å²) in [6.07, 6.45) is 16.5. The first-order valence-corrected chi connectivity index (χ1v) is 35.2. The molecule has 2 aromatic heterocycles. The summed E-state index contributed by atoms with van der Waals surface area (Å²) in [6.45, 7) is 3.70. The Morgan fingerprint density at radius 1 is 0.365 bits per heavy atom. The van der Waals surface area contributed by atoms with Gasteiger partial charge >= 0.3 is 0 Å². The second-order valence-electron chi connectivity index (χ2n) is 25.6. The number of fused-ring (bicyclic) bond motifs is 13. The van der Waals surface area contributed by atoms with Gasteiger partial charge in [-0.25, -0.2) is 15.0 Å². The van der Waals surface area contributed by atoms with Gasteiger partial charge in [-0.1, -0.05) is 273 Å². The molecule has 0 fully saturated rings. The molecule has 1 spiro atoms. The maximum absolute atomic E-state index is 4.78. The Morgan fingerprint density at radius 3 is 1.17 bits per heavy atom. The molecular formula is C96H77N7O. The maximum atomic E-state index is 4.78. The van der Waals surface area contributed by atoms with Crippen molar-refractivity contribution in [2.24, 2.45) is 4.99 Å². The number of nitrogens with zero attached hydrogens (tertiary/aromatic N) is 3. The van der Waals surface area contributed by atoms with Crippen molar-refractivity contribution in [3.8, 4) is 55.6 Å². The molecule has 4 N–H and O–H groups in total. The summed E-state index contributed by atoms with van der Waals surface area (Å²) in [7, 11) is 1.60. The maximum Gasteiger partial charge on any atom is 0.131 e. The second kappa shape index (κ2) is 31.0. The number of hydrogen-bond acceptors (Lipinski definition) is 8. The number of methoxy groups -OCH3 is 1. The molecule has 0 bridgehead atoms. The Balaban J connectivity index is 0.000000123. The monoisotopic (exact) mass is 1340 g/mol. The molecule has 12 aromatic carbocycles. The topological polar surface area (TPSA) is 95.5 Å². The van der Waals surface area contributed by atoms with E-state index in [-0.39, 0.29) is 10.8 Å². The highest BCUT2D eigenvalue weighted by Gasteiger charge is 2.52. The Labute approximate surface area is 609 Å². The lowest BCUT2D eigenvalue weighted by molar-refractivity contribution is 0.338. The predicted molar refractivity (Wildman–Crippen MR) is 433 cm³/mol. The van der Waals surface area contributed by atoms with E-state index in [1.165, 1.54) is 100 Å². The van der Waals surface area contributed by atoms with Crippen LogP contribution in [0.3, 0.4) is 0 Å². The van der Waals surface area contributed by atoms with Crippen LogP contribution in [0.4, 0.5) is 34.4 Å². The molecule has 0 radical (unpaired) electrons. The van der Waals surface area contributed by atoms with Crippen LogP contribution in [-0.4, -0.2) is 23.3 Å². The lowest BCUT2D eigenvalue weighted by atomic mass is 9.67. The molecule has 1 aliphatic heterocycles. The number of hydrogen-bond donors (Lipinski definition) is 4. The van der Waals surface area contributed by atoms with E-state index in [4.69, 9.17) is 4.74 Å². The first-order chi connectivity index (χ1) is 51.5. The number of ether oxygens (including phenoxy) is 1. The van der Waals surface area contributed by atoms with Gasteiger partial charge in [-0.15, -0.1) is 0 Å². The Bertz CT molecular complexity index is 5120. The average molecular weight is 1340 g/mol. The summed E-state index contributed by atoms with van der Waals surface area (Å²) in [5.41, 5.74) is 28.0. The number of aliphatic imine (C=N–C) groups is 1. The fraction of sp³-hybridized carbons (Fsp3) is 0.0521. The van der Waals surface area contributed by atoms with E-state index in [9.17, 15) is 0 Å². The molecule has 0 saturated carbocycles. The van der Waals surface area contributed by atoms with Crippen molar-refractivity contribution in [3.63, 3.8) is 0 Å². The van der Waals surface area contributed by atoms with Crippen molar-refractivity contribution in [3.05, 3.63) is 445 Å². The number of nitrogens with one attached hydrogen (secondary N) is 4. The predicted octanol–water partition coefficient (Wildman–Crippen LogP) is 23.8. The lowest BCUT2D eigenvalue weighted by Crippen LogP contribution is -2.28. The highest BCUT2D eigenvalue weighted by Crippen LogP contribution is 2.63. The quantitative estimate of drug-likeness (QED) is 0.0600. The molecule has 3 aliphatic carbocycles. The number of rotatable bonds is 15. The fourth-order valence-electron chi connectivity index (χ4n) is 14.9. The number of benzene rings is 12. The van der Waals surface area contributed by atoms with E-state index in [1.54, 1.807) is 37.9 Å². The van der Waals surface area contributed by atoms with Crippen LogP contribution < -0.4 is 21.3 Å². The van der Waals surface area contributed by atoms with Crippen LogP contribution in [-0.2, 0) is 15.6 Å². The minimum atomic E-state index is -0.386. The van der Waals surface area contributed by atoms with Crippen molar-refractivity contribution in [1.82, 2.24) is 9.97 Å².